The van der Waals surface area contributed by atoms with Crippen molar-refractivity contribution in [2.75, 3.05) is 32.8 Å². The first kappa shape index (κ1) is 20.2. The fourth-order valence-electron chi connectivity index (χ4n) is 5.00. The molecule has 0 aromatic heterocycles. The zero-order chi connectivity index (χ0) is 20.1. The molecule has 158 valence electrons. The molecule has 0 N–H and O–H groups in total. The lowest BCUT2D eigenvalue weighted by Crippen LogP contribution is -2.42. The van der Waals surface area contributed by atoms with Gasteiger partial charge in [0.15, 0.2) is 0 Å². The highest BCUT2D eigenvalue weighted by atomic mass is 16.5. The number of ether oxygens (including phenoxy) is 1. The summed E-state index contributed by atoms with van der Waals surface area (Å²) in [4.78, 5) is 29.6. The molecule has 29 heavy (non-hydrogen) atoms. The maximum atomic E-state index is 12.9. The molecule has 2 aliphatic heterocycles. The summed E-state index contributed by atoms with van der Waals surface area (Å²) >= 11 is 0. The first-order chi connectivity index (χ1) is 14.2. The van der Waals surface area contributed by atoms with Crippen LogP contribution < -0.4 is 4.74 Å². The van der Waals surface area contributed by atoms with Crippen molar-refractivity contribution >= 4 is 11.8 Å². The monoisotopic (exact) mass is 398 g/mol. The molecule has 1 aliphatic carbocycles. The molecule has 0 atom stereocenters. The van der Waals surface area contributed by atoms with E-state index in [4.69, 9.17) is 4.74 Å². The minimum atomic E-state index is 0.0947. The molecular weight excluding hydrogens is 364 g/mol. The minimum absolute atomic E-state index is 0.0947. The summed E-state index contributed by atoms with van der Waals surface area (Å²) < 4.78 is 6.13. The second kappa shape index (κ2) is 9.64. The van der Waals surface area contributed by atoms with Gasteiger partial charge in [-0.05, 0) is 63.0 Å². The number of amides is 2. The molecule has 2 saturated heterocycles. The van der Waals surface area contributed by atoms with Gasteiger partial charge >= 0.3 is 0 Å². The molecule has 3 fully saturated rings. The highest BCUT2D eigenvalue weighted by Gasteiger charge is 2.30. The predicted molar refractivity (Wildman–Crippen MR) is 113 cm³/mol. The molecule has 3 aliphatic rings. The average molecular weight is 399 g/mol. The number of carbonyl (C=O) groups is 2. The van der Waals surface area contributed by atoms with Crippen molar-refractivity contribution in [3.8, 4) is 5.75 Å². The number of piperidine rings is 2. The molecule has 5 nitrogen and oxygen atoms in total. The number of hydrogen-bond acceptors (Lipinski definition) is 3. The fourth-order valence-corrected chi connectivity index (χ4v) is 5.00. The second-order valence-corrected chi connectivity index (χ2v) is 8.91. The van der Waals surface area contributed by atoms with E-state index in [1.807, 2.05) is 29.2 Å². The van der Waals surface area contributed by atoms with Gasteiger partial charge in [0.1, 0.15) is 5.75 Å². The molecule has 1 saturated carbocycles. The van der Waals surface area contributed by atoms with Gasteiger partial charge in [-0.3, -0.25) is 9.59 Å². The van der Waals surface area contributed by atoms with Crippen molar-refractivity contribution in [3.05, 3.63) is 29.8 Å². The summed E-state index contributed by atoms with van der Waals surface area (Å²) in [5.41, 5.74) is 0.684. The van der Waals surface area contributed by atoms with Crippen LogP contribution in [-0.4, -0.2) is 54.4 Å². The lowest BCUT2D eigenvalue weighted by Gasteiger charge is -2.33. The van der Waals surface area contributed by atoms with Gasteiger partial charge in [-0.2, -0.15) is 0 Å². The Morgan fingerprint density at radius 1 is 0.828 bits per heavy atom. The quantitative estimate of drug-likeness (QED) is 0.750. The van der Waals surface area contributed by atoms with Gasteiger partial charge in [0.05, 0.1) is 12.2 Å². The normalized spacial score (nSPS) is 21.4. The average Bonchev–Trinajstić information content (AvgIpc) is 3.33. The van der Waals surface area contributed by atoms with E-state index in [0.29, 0.717) is 29.7 Å². The van der Waals surface area contributed by atoms with Crippen molar-refractivity contribution in [1.82, 2.24) is 9.80 Å². The summed E-state index contributed by atoms with van der Waals surface area (Å²) in [5, 5.41) is 0. The standard InChI is InChI=1S/C24H34N2O3/c27-23(20-8-2-3-9-20)26-16-12-19(13-17-26)18-29-22-11-5-4-10-21(22)24(28)25-14-6-1-7-15-25/h4-5,10-11,19-20H,1-3,6-9,12-18H2. The number of nitrogens with zero attached hydrogens (tertiary/aromatic N) is 2. The number of carbonyl (C=O) groups excluding carboxylic acids is 2. The molecule has 0 radical (unpaired) electrons. The van der Waals surface area contributed by atoms with E-state index in [1.54, 1.807) is 0 Å². The summed E-state index contributed by atoms with van der Waals surface area (Å²) in [6, 6.07) is 7.65. The SMILES string of the molecule is O=C(c1ccccc1OCC1CCN(C(=O)C2CCCC2)CC1)N1CCCCC1. The van der Waals surface area contributed by atoms with E-state index in [-0.39, 0.29) is 11.8 Å². The maximum Gasteiger partial charge on any atom is 0.257 e. The van der Waals surface area contributed by atoms with Crippen LogP contribution in [-0.2, 0) is 4.79 Å². The van der Waals surface area contributed by atoms with Crippen molar-refractivity contribution in [1.29, 1.82) is 0 Å². The zero-order valence-corrected chi connectivity index (χ0v) is 17.5. The number of likely N-dealkylation sites (tertiary alicyclic amines) is 2. The Bertz CT molecular complexity index is 700. The van der Waals surface area contributed by atoms with Crippen LogP contribution in [0.25, 0.3) is 0 Å². The Labute approximate surface area is 174 Å². The lowest BCUT2D eigenvalue weighted by atomic mass is 9.96. The first-order valence-corrected chi connectivity index (χ1v) is 11.5. The molecule has 2 amide bonds. The van der Waals surface area contributed by atoms with Crippen molar-refractivity contribution in [2.45, 2.75) is 57.8 Å². The Morgan fingerprint density at radius 3 is 2.24 bits per heavy atom. The van der Waals surface area contributed by atoms with E-state index in [9.17, 15) is 9.59 Å². The van der Waals surface area contributed by atoms with Gasteiger partial charge in [0.2, 0.25) is 5.91 Å². The van der Waals surface area contributed by atoms with Crippen LogP contribution in [0.5, 0.6) is 5.75 Å². The van der Waals surface area contributed by atoms with Crippen LogP contribution >= 0.6 is 0 Å². The van der Waals surface area contributed by atoms with Crippen LogP contribution in [0.3, 0.4) is 0 Å². The largest absolute Gasteiger partial charge is 0.492 e. The van der Waals surface area contributed by atoms with Crippen LogP contribution in [0.15, 0.2) is 24.3 Å². The smallest absolute Gasteiger partial charge is 0.257 e. The lowest BCUT2D eigenvalue weighted by molar-refractivity contribution is -0.136. The molecule has 1 aromatic rings. The summed E-state index contributed by atoms with van der Waals surface area (Å²) in [6.45, 7) is 4.01. The van der Waals surface area contributed by atoms with Crippen molar-refractivity contribution < 1.29 is 14.3 Å². The fraction of sp³-hybridized carbons (Fsp3) is 0.667. The first-order valence-electron chi connectivity index (χ1n) is 11.5. The maximum absolute atomic E-state index is 12.9. The number of rotatable bonds is 5. The Hall–Kier alpha value is -2.04. The Balaban J connectivity index is 1.29. The summed E-state index contributed by atoms with van der Waals surface area (Å²) in [5.74, 6) is 1.89. The van der Waals surface area contributed by atoms with E-state index >= 15 is 0 Å². The van der Waals surface area contributed by atoms with Gasteiger partial charge in [-0.1, -0.05) is 25.0 Å². The third-order valence-electron chi connectivity index (χ3n) is 6.87. The van der Waals surface area contributed by atoms with Gasteiger partial charge in [-0.15, -0.1) is 0 Å². The highest BCUT2D eigenvalue weighted by Crippen LogP contribution is 2.29. The Morgan fingerprint density at radius 2 is 1.52 bits per heavy atom. The topological polar surface area (TPSA) is 49.9 Å². The van der Waals surface area contributed by atoms with Crippen molar-refractivity contribution in [3.63, 3.8) is 0 Å². The second-order valence-electron chi connectivity index (χ2n) is 8.91. The minimum Gasteiger partial charge on any atom is -0.492 e. The summed E-state index contributed by atoms with van der Waals surface area (Å²) in [6.07, 6.45) is 9.92. The number of para-hydroxylation sites is 1. The van der Waals surface area contributed by atoms with Crippen LogP contribution in [0.4, 0.5) is 0 Å². The van der Waals surface area contributed by atoms with Crippen molar-refractivity contribution in [2.24, 2.45) is 11.8 Å². The van der Waals surface area contributed by atoms with Gasteiger partial charge in [0, 0.05) is 32.1 Å². The third-order valence-corrected chi connectivity index (χ3v) is 6.87. The molecule has 0 unspecified atom stereocenters. The number of benzene rings is 1. The molecule has 1 aromatic carbocycles. The molecule has 5 heteroatoms. The zero-order valence-electron chi connectivity index (χ0n) is 17.5. The van der Waals surface area contributed by atoms with Crippen LogP contribution in [0.1, 0.15) is 68.1 Å². The molecule has 0 spiro atoms. The van der Waals surface area contributed by atoms with Gasteiger partial charge in [-0.25, -0.2) is 0 Å². The predicted octanol–water partition coefficient (Wildman–Crippen LogP) is 4.12. The molecule has 0 bridgehead atoms. The van der Waals surface area contributed by atoms with E-state index in [2.05, 4.69) is 4.90 Å². The molecule has 4 rings (SSSR count). The highest BCUT2D eigenvalue weighted by molar-refractivity contribution is 5.97. The number of hydrogen-bond donors (Lipinski definition) is 0. The van der Waals surface area contributed by atoms with E-state index in [0.717, 1.165) is 64.7 Å². The molecule has 2 heterocycles. The van der Waals surface area contributed by atoms with Gasteiger partial charge in [0.25, 0.3) is 5.91 Å². The van der Waals surface area contributed by atoms with Crippen LogP contribution in [0.2, 0.25) is 0 Å². The van der Waals surface area contributed by atoms with Gasteiger partial charge < -0.3 is 14.5 Å². The van der Waals surface area contributed by atoms with E-state index in [1.165, 1.54) is 19.3 Å². The Kier molecular flexibility index (Phi) is 6.73. The van der Waals surface area contributed by atoms with E-state index < -0.39 is 0 Å². The summed E-state index contributed by atoms with van der Waals surface area (Å²) in [7, 11) is 0. The molecular formula is C24H34N2O3. The van der Waals surface area contributed by atoms with Crippen LogP contribution in [0, 0.1) is 11.8 Å². The third kappa shape index (κ3) is 4.93.